The molecule has 1 aromatic heterocycles. The van der Waals surface area contributed by atoms with Crippen LogP contribution in [-0.2, 0) is 0 Å². The maximum atomic E-state index is 10.7. The maximum Gasteiger partial charge on any atom is 0.237 e. The SMILES string of the molecule is O=c1c(O)c[nH]cc1Br. The fourth-order valence-electron chi connectivity index (χ4n) is 0.447. The Bertz CT molecular complexity index is 245. The molecule has 0 aliphatic carbocycles. The van der Waals surface area contributed by atoms with Crippen LogP contribution in [0.1, 0.15) is 0 Å². The van der Waals surface area contributed by atoms with Crippen molar-refractivity contribution in [1.82, 2.24) is 4.98 Å². The summed E-state index contributed by atoms with van der Waals surface area (Å²) in [6.45, 7) is 0. The van der Waals surface area contributed by atoms with Gasteiger partial charge < -0.3 is 10.1 Å². The fourth-order valence-corrected chi connectivity index (χ4v) is 0.782. The lowest BCUT2D eigenvalue weighted by atomic mass is 10.4. The Morgan fingerprint density at radius 2 is 2.22 bits per heavy atom. The first-order valence-electron chi connectivity index (χ1n) is 2.27. The van der Waals surface area contributed by atoms with E-state index in [0.717, 1.165) is 0 Å². The van der Waals surface area contributed by atoms with Gasteiger partial charge in [-0.1, -0.05) is 0 Å². The van der Waals surface area contributed by atoms with E-state index >= 15 is 0 Å². The number of nitrogens with one attached hydrogen (secondary N) is 1. The van der Waals surface area contributed by atoms with Crippen LogP contribution < -0.4 is 5.43 Å². The number of hydrogen-bond acceptors (Lipinski definition) is 2. The van der Waals surface area contributed by atoms with Crippen molar-refractivity contribution in [2.45, 2.75) is 0 Å². The normalized spacial score (nSPS) is 9.44. The maximum absolute atomic E-state index is 10.7. The van der Waals surface area contributed by atoms with Crippen LogP contribution >= 0.6 is 15.9 Å². The van der Waals surface area contributed by atoms with Crippen molar-refractivity contribution in [3.05, 3.63) is 27.1 Å². The summed E-state index contributed by atoms with van der Waals surface area (Å²) in [5.74, 6) is -0.274. The number of H-pyrrole nitrogens is 1. The quantitative estimate of drug-likeness (QED) is 0.636. The average Bonchev–Trinajstić information content (AvgIpc) is 1.83. The predicted molar refractivity (Wildman–Crippen MR) is 36.4 cm³/mol. The molecular formula is C5H4BrNO2. The molecule has 0 spiro atoms. The summed E-state index contributed by atoms with van der Waals surface area (Å²) >= 11 is 2.94. The number of aromatic hydroxyl groups is 1. The molecule has 0 bridgehead atoms. The van der Waals surface area contributed by atoms with Gasteiger partial charge in [-0.05, 0) is 15.9 Å². The molecule has 0 atom stereocenters. The molecule has 4 heteroatoms. The highest BCUT2D eigenvalue weighted by atomic mass is 79.9. The predicted octanol–water partition coefficient (Wildman–Crippen LogP) is 0.843. The Morgan fingerprint density at radius 1 is 1.56 bits per heavy atom. The van der Waals surface area contributed by atoms with Crippen molar-refractivity contribution in [1.29, 1.82) is 0 Å². The molecule has 3 nitrogen and oxygen atoms in total. The number of pyridine rings is 1. The number of aromatic nitrogens is 1. The van der Waals surface area contributed by atoms with Crippen LogP contribution in [0, 0.1) is 0 Å². The number of rotatable bonds is 0. The van der Waals surface area contributed by atoms with E-state index in [-0.39, 0.29) is 5.75 Å². The van der Waals surface area contributed by atoms with Gasteiger partial charge in [-0.2, -0.15) is 0 Å². The summed E-state index contributed by atoms with van der Waals surface area (Å²) < 4.78 is 0.336. The van der Waals surface area contributed by atoms with Crippen LogP contribution in [0.5, 0.6) is 5.75 Å². The van der Waals surface area contributed by atoms with E-state index in [2.05, 4.69) is 20.9 Å². The zero-order chi connectivity index (χ0) is 6.85. The van der Waals surface area contributed by atoms with Crippen LogP contribution in [-0.4, -0.2) is 10.1 Å². The molecule has 1 heterocycles. The first-order valence-corrected chi connectivity index (χ1v) is 3.06. The highest BCUT2D eigenvalue weighted by Gasteiger charge is 1.97. The van der Waals surface area contributed by atoms with Gasteiger partial charge in [0.1, 0.15) is 0 Å². The molecule has 0 aliphatic rings. The first kappa shape index (κ1) is 6.35. The summed E-state index contributed by atoms with van der Waals surface area (Å²) in [4.78, 5) is 13.2. The summed E-state index contributed by atoms with van der Waals surface area (Å²) in [6, 6.07) is 0. The molecule has 1 aromatic rings. The summed E-state index contributed by atoms with van der Waals surface area (Å²) in [6.07, 6.45) is 2.69. The molecule has 48 valence electrons. The first-order chi connectivity index (χ1) is 4.22. The molecule has 1 rings (SSSR count). The van der Waals surface area contributed by atoms with Gasteiger partial charge in [-0.3, -0.25) is 4.79 Å². The van der Waals surface area contributed by atoms with Crippen LogP contribution in [0.15, 0.2) is 21.7 Å². The van der Waals surface area contributed by atoms with E-state index in [1.54, 1.807) is 0 Å². The van der Waals surface area contributed by atoms with E-state index in [4.69, 9.17) is 5.11 Å². The second-order valence-corrected chi connectivity index (χ2v) is 2.37. The van der Waals surface area contributed by atoms with Crippen molar-refractivity contribution in [2.24, 2.45) is 0 Å². The van der Waals surface area contributed by atoms with Gasteiger partial charge in [0.15, 0.2) is 5.75 Å². The smallest absolute Gasteiger partial charge is 0.237 e. The molecule has 2 N–H and O–H groups in total. The fraction of sp³-hybridized carbons (Fsp3) is 0. The molecule has 9 heavy (non-hydrogen) atoms. The lowest BCUT2D eigenvalue weighted by Gasteiger charge is -1.88. The standard InChI is InChI=1S/C5H4BrNO2/c6-3-1-7-2-4(8)5(3)9/h1-2,8H,(H,7,9). The summed E-state index contributed by atoms with van der Waals surface area (Å²) in [5, 5.41) is 8.73. The average molecular weight is 190 g/mol. The van der Waals surface area contributed by atoms with Gasteiger partial charge in [0, 0.05) is 12.4 Å². The van der Waals surface area contributed by atoms with Gasteiger partial charge in [0.25, 0.3) is 0 Å². The molecule has 0 saturated heterocycles. The van der Waals surface area contributed by atoms with E-state index in [1.807, 2.05) is 0 Å². The number of hydrogen-bond donors (Lipinski definition) is 2. The minimum Gasteiger partial charge on any atom is -0.503 e. The van der Waals surface area contributed by atoms with Crippen LogP contribution in [0.3, 0.4) is 0 Å². The molecule has 0 saturated carbocycles. The van der Waals surface area contributed by atoms with Crippen LogP contribution in [0.25, 0.3) is 0 Å². The summed E-state index contributed by atoms with van der Waals surface area (Å²) in [5.41, 5.74) is -0.395. The Morgan fingerprint density at radius 3 is 2.67 bits per heavy atom. The number of halogens is 1. The summed E-state index contributed by atoms with van der Waals surface area (Å²) in [7, 11) is 0. The molecule has 0 unspecified atom stereocenters. The largest absolute Gasteiger partial charge is 0.503 e. The van der Waals surface area contributed by atoms with Gasteiger partial charge in [-0.25, -0.2) is 0 Å². The monoisotopic (exact) mass is 189 g/mol. The van der Waals surface area contributed by atoms with E-state index in [0.29, 0.717) is 4.47 Å². The third kappa shape index (κ3) is 1.13. The van der Waals surface area contributed by atoms with E-state index < -0.39 is 5.43 Å². The van der Waals surface area contributed by atoms with Crippen LogP contribution in [0.2, 0.25) is 0 Å². The zero-order valence-electron chi connectivity index (χ0n) is 4.39. The molecule has 0 fully saturated rings. The molecule has 0 amide bonds. The number of aromatic amines is 1. The van der Waals surface area contributed by atoms with Gasteiger partial charge in [-0.15, -0.1) is 0 Å². The van der Waals surface area contributed by atoms with Crippen molar-refractivity contribution < 1.29 is 5.11 Å². The van der Waals surface area contributed by atoms with Crippen molar-refractivity contribution >= 4 is 15.9 Å². The topological polar surface area (TPSA) is 53.1 Å². The van der Waals surface area contributed by atoms with Gasteiger partial charge in [0.05, 0.1) is 4.47 Å². The Kier molecular flexibility index (Phi) is 1.57. The zero-order valence-corrected chi connectivity index (χ0v) is 5.97. The third-order valence-corrected chi connectivity index (χ3v) is 1.47. The van der Waals surface area contributed by atoms with E-state index in [9.17, 15) is 4.79 Å². The molecule has 0 radical (unpaired) electrons. The molecule has 0 aliphatic heterocycles. The third-order valence-electron chi connectivity index (χ3n) is 0.880. The second-order valence-electron chi connectivity index (χ2n) is 1.52. The lowest BCUT2D eigenvalue weighted by Crippen LogP contribution is -2.00. The van der Waals surface area contributed by atoms with Gasteiger partial charge >= 0.3 is 0 Å². The minimum atomic E-state index is -0.395. The van der Waals surface area contributed by atoms with Gasteiger partial charge in [0.2, 0.25) is 5.43 Å². The van der Waals surface area contributed by atoms with Crippen molar-refractivity contribution in [2.75, 3.05) is 0 Å². The highest BCUT2D eigenvalue weighted by Crippen LogP contribution is 2.04. The molecule has 0 aromatic carbocycles. The van der Waals surface area contributed by atoms with Crippen molar-refractivity contribution in [3.8, 4) is 5.75 Å². The Balaban J connectivity index is 3.43. The highest BCUT2D eigenvalue weighted by molar-refractivity contribution is 9.10. The molecular weight excluding hydrogens is 186 g/mol. The van der Waals surface area contributed by atoms with Crippen molar-refractivity contribution in [3.63, 3.8) is 0 Å². The van der Waals surface area contributed by atoms with Crippen LogP contribution in [0.4, 0.5) is 0 Å². The van der Waals surface area contributed by atoms with E-state index in [1.165, 1.54) is 12.4 Å². The Hall–Kier alpha value is -0.770. The Labute approximate surface area is 59.5 Å². The second kappa shape index (κ2) is 2.23. The lowest BCUT2D eigenvalue weighted by molar-refractivity contribution is 0.467. The minimum absolute atomic E-state index is 0.274.